The number of imidazole rings is 1. The minimum atomic E-state index is -1.12. The predicted octanol–water partition coefficient (Wildman–Crippen LogP) is -0.0654. The van der Waals surface area contributed by atoms with Gasteiger partial charge >= 0.3 is 5.97 Å². The summed E-state index contributed by atoms with van der Waals surface area (Å²) in [6.07, 6.45) is 8.21. The minimum Gasteiger partial charge on any atom is -0.480 e. The van der Waals surface area contributed by atoms with Gasteiger partial charge in [-0.25, -0.2) is 9.78 Å². The number of hydrogen-bond donors (Lipinski definition) is 3. The Morgan fingerprint density at radius 3 is 2.84 bits per heavy atom. The molecule has 1 aromatic heterocycles. The summed E-state index contributed by atoms with van der Waals surface area (Å²) in [7, 11) is 0. The summed E-state index contributed by atoms with van der Waals surface area (Å²) in [6, 6.07) is -1.93. The molecule has 4 N–H and O–H groups in total. The van der Waals surface area contributed by atoms with Crippen molar-refractivity contribution in [3.8, 4) is 12.3 Å². The number of nitrogens with zero attached hydrogens (tertiary/aromatic N) is 2. The van der Waals surface area contributed by atoms with Crippen LogP contribution in [0.4, 0.5) is 0 Å². The molecule has 0 aromatic carbocycles. The van der Waals surface area contributed by atoms with Crippen LogP contribution >= 0.6 is 22.9 Å². The second-order valence-electron chi connectivity index (χ2n) is 3.80. The van der Waals surface area contributed by atoms with Crippen molar-refractivity contribution in [1.82, 2.24) is 13.1 Å². The number of nitrogens with two attached hydrogens (primary N) is 1. The number of aliphatic carboxylic acids is 1. The Bertz CT molecular complexity index is 483. The molecule has 0 aliphatic rings. The fourth-order valence-electron chi connectivity index (χ4n) is 1.40. The molecule has 1 rings (SSSR count). The fourth-order valence-corrected chi connectivity index (χ4v) is 2.19. The maximum atomic E-state index is 11.9. The van der Waals surface area contributed by atoms with Crippen molar-refractivity contribution >= 4 is 34.7 Å². The minimum absolute atomic E-state index is 0.0642. The van der Waals surface area contributed by atoms with Crippen molar-refractivity contribution in [2.45, 2.75) is 24.9 Å². The summed E-state index contributed by atoms with van der Waals surface area (Å²) < 4.78 is 1.07. The van der Waals surface area contributed by atoms with Crippen LogP contribution in [0.3, 0.4) is 0 Å². The summed E-state index contributed by atoms with van der Waals surface area (Å²) >= 11 is 1.64. The number of carboxylic acid groups (broad SMARTS) is 1. The molecule has 0 aliphatic carbocycles. The van der Waals surface area contributed by atoms with Crippen molar-refractivity contribution in [1.29, 1.82) is 0 Å². The van der Waals surface area contributed by atoms with Gasteiger partial charge in [0.25, 0.3) is 0 Å². The Kier molecular flexibility index (Phi) is 5.78. The highest BCUT2D eigenvalue weighted by molar-refractivity contribution is 14.1. The summed E-state index contributed by atoms with van der Waals surface area (Å²) in [5.41, 5.74) is 6.21. The van der Waals surface area contributed by atoms with E-state index in [2.05, 4.69) is 15.9 Å². The lowest BCUT2D eigenvalue weighted by Crippen LogP contribution is -2.47. The fraction of sp³-hybridized carbons (Fsp3) is 0.364. The molecule has 0 bridgehead atoms. The molecule has 0 unspecified atom stereocenters. The van der Waals surface area contributed by atoms with E-state index in [9.17, 15) is 14.7 Å². The molecule has 1 aromatic rings. The Morgan fingerprint density at radius 1 is 1.68 bits per heavy atom. The number of nitrogens with one attached hydrogen (secondary N) is 1. The summed E-state index contributed by atoms with van der Waals surface area (Å²) in [5.74, 6) is 0.649. The summed E-state index contributed by atoms with van der Waals surface area (Å²) in [6.45, 7) is 0. The first kappa shape index (κ1) is 15.5. The third-order valence-electron chi connectivity index (χ3n) is 2.39. The third-order valence-corrected chi connectivity index (χ3v) is 3.54. The molecule has 0 saturated carbocycles. The van der Waals surface area contributed by atoms with Crippen LogP contribution < -0.4 is 5.73 Å². The highest BCUT2D eigenvalue weighted by Crippen LogP contribution is 2.14. The first-order chi connectivity index (χ1) is 8.97. The maximum Gasteiger partial charge on any atom is 0.327 e. The van der Waals surface area contributed by atoms with E-state index in [1.165, 1.54) is 12.5 Å². The lowest BCUT2D eigenvalue weighted by Gasteiger charge is -2.24. The molecule has 7 nitrogen and oxygen atoms in total. The highest BCUT2D eigenvalue weighted by atomic mass is 127. The number of rotatable bonds is 6. The first-order valence-electron chi connectivity index (χ1n) is 5.35. The van der Waals surface area contributed by atoms with E-state index in [1.807, 2.05) is 0 Å². The van der Waals surface area contributed by atoms with Crippen LogP contribution in [0.15, 0.2) is 12.5 Å². The molecule has 2 atom stereocenters. The Balaban J connectivity index is 2.79. The van der Waals surface area contributed by atoms with E-state index in [4.69, 9.17) is 12.2 Å². The molecule has 0 fully saturated rings. The van der Waals surface area contributed by atoms with Crippen LogP contribution in [0.2, 0.25) is 0 Å². The molecule has 19 heavy (non-hydrogen) atoms. The third kappa shape index (κ3) is 4.22. The molecular formula is C11H13IN4O3. The van der Waals surface area contributed by atoms with Crippen LogP contribution in [0.25, 0.3) is 0 Å². The van der Waals surface area contributed by atoms with Gasteiger partial charge in [-0.15, -0.1) is 12.3 Å². The number of aromatic amines is 1. The Hall–Kier alpha value is -1.60. The second-order valence-corrected chi connectivity index (χ2v) is 4.84. The van der Waals surface area contributed by atoms with E-state index in [0.29, 0.717) is 5.69 Å². The monoisotopic (exact) mass is 376 g/mol. The van der Waals surface area contributed by atoms with Gasteiger partial charge in [-0.05, 0) is 0 Å². The Morgan fingerprint density at radius 2 is 2.37 bits per heavy atom. The molecule has 0 aliphatic heterocycles. The van der Waals surface area contributed by atoms with Crippen molar-refractivity contribution in [3.63, 3.8) is 0 Å². The van der Waals surface area contributed by atoms with E-state index in [1.54, 1.807) is 22.9 Å². The normalized spacial score (nSPS) is 13.3. The molecule has 0 saturated heterocycles. The van der Waals surface area contributed by atoms with Crippen molar-refractivity contribution < 1.29 is 14.7 Å². The summed E-state index contributed by atoms with van der Waals surface area (Å²) in [4.78, 5) is 29.7. The molecule has 1 amide bonds. The average molecular weight is 376 g/mol. The zero-order chi connectivity index (χ0) is 14.4. The second kappa shape index (κ2) is 7.10. The number of terminal acetylenes is 1. The summed E-state index contributed by atoms with van der Waals surface area (Å²) in [5, 5.41) is 9.19. The lowest BCUT2D eigenvalue weighted by atomic mass is 10.1. The topological polar surface area (TPSA) is 112 Å². The van der Waals surface area contributed by atoms with E-state index < -0.39 is 24.0 Å². The van der Waals surface area contributed by atoms with Gasteiger partial charge in [0.05, 0.1) is 35.2 Å². The zero-order valence-electron chi connectivity index (χ0n) is 9.91. The number of carbonyl (C=O) groups is 2. The molecule has 8 heteroatoms. The van der Waals surface area contributed by atoms with Crippen LogP contribution in [-0.2, 0) is 16.0 Å². The van der Waals surface area contributed by atoms with Crippen LogP contribution in [-0.4, -0.2) is 42.1 Å². The molecular weight excluding hydrogens is 363 g/mol. The van der Waals surface area contributed by atoms with Gasteiger partial charge in [0, 0.05) is 24.7 Å². The van der Waals surface area contributed by atoms with Crippen LogP contribution in [0.5, 0.6) is 0 Å². The Labute approximate surface area is 124 Å². The van der Waals surface area contributed by atoms with Gasteiger partial charge in [0.15, 0.2) is 0 Å². The largest absolute Gasteiger partial charge is 0.480 e. The molecule has 102 valence electrons. The maximum absolute atomic E-state index is 11.9. The van der Waals surface area contributed by atoms with Crippen molar-refractivity contribution in [2.24, 2.45) is 5.73 Å². The number of H-pyrrole nitrogens is 1. The van der Waals surface area contributed by atoms with Crippen LogP contribution in [0, 0.1) is 12.3 Å². The van der Waals surface area contributed by atoms with E-state index in [0.717, 1.165) is 3.11 Å². The highest BCUT2D eigenvalue weighted by Gasteiger charge is 2.31. The lowest BCUT2D eigenvalue weighted by molar-refractivity contribution is -0.145. The number of hydrogen-bond acceptors (Lipinski definition) is 4. The van der Waals surface area contributed by atoms with Gasteiger partial charge in [-0.1, -0.05) is 0 Å². The number of halogens is 1. The van der Waals surface area contributed by atoms with E-state index in [-0.39, 0.29) is 12.8 Å². The van der Waals surface area contributed by atoms with Gasteiger partial charge in [0.1, 0.15) is 6.04 Å². The number of carboxylic acids is 1. The quantitative estimate of drug-likeness (QED) is 0.366. The first-order valence-corrected chi connectivity index (χ1v) is 6.31. The average Bonchev–Trinajstić information content (AvgIpc) is 2.87. The smallest absolute Gasteiger partial charge is 0.327 e. The molecule has 1 heterocycles. The van der Waals surface area contributed by atoms with Crippen LogP contribution in [0.1, 0.15) is 12.1 Å². The SMILES string of the molecule is C#CC[C@H](N)C(=O)N(I)[C@@H](Cc1cnc[nH]1)C(=O)O. The van der Waals surface area contributed by atoms with Crippen molar-refractivity contribution in [3.05, 3.63) is 18.2 Å². The zero-order valence-corrected chi connectivity index (χ0v) is 12.1. The molecule has 0 spiro atoms. The van der Waals surface area contributed by atoms with E-state index >= 15 is 0 Å². The van der Waals surface area contributed by atoms with Gasteiger partial charge in [-0.2, -0.15) is 0 Å². The standard InChI is InChI=1S/C11H13IN4O3/c1-2-3-8(13)10(17)16(12)9(11(18)19)4-7-5-14-6-15-7/h1,5-6,8-9H,3-4,13H2,(H,14,15)(H,18,19)/t8-,9-/m0/s1. The molecule has 0 radical (unpaired) electrons. The van der Waals surface area contributed by atoms with Gasteiger partial charge < -0.3 is 15.8 Å². The van der Waals surface area contributed by atoms with Gasteiger partial charge in [-0.3, -0.25) is 7.91 Å². The predicted molar refractivity (Wildman–Crippen MR) is 76.0 cm³/mol. The van der Waals surface area contributed by atoms with Gasteiger partial charge in [0.2, 0.25) is 5.91 Å². The number of aromatic nitrogens is 2. The number of carbonyl (C=O) groups excluding carboxylic acids is 1. The number of amides is 1. The van der Waals surface area contributed by atoms with Crippen molar-refractivity contribution in [2.75, 3.05) is 0 Å².